The minimum Gasteiger partial charge on any atom is -0.367 e. The molecule has 4 N–H and O–H groups in total. The Labute approximate surface area is 112 Å². The summed E-state index contributed by atoms with van der Waals surface area (Å²) in [4.78, 5) is 8.74. The first-order chi connectivity index (χ1) is 9.36. The van der Waals surface area contributed by atoms with Crippen LogP contribution in [0.25, 0.3) is 5.65 Å². The number of anilines is 2. The maximum Gasteiger partial charge on any atom is 0.180 e. The topological polar surface area (TPSA) is 80.3 Å². The van der Waals surface area contributed by atoms with Gasteiger partial charge in [-0.1, -0.05) is 25.7 Å². The zero-order valence-electron chi connectivity index (χ0n) is 11.0. The molecule has 102 valence electrons. The number of hydrogen-bond acceptors (Lipinski definition) is 5. The van der Waals surface area contributed by atoms with E-state index in [9.17, 15) is 0 Å². The van der Waals surface area contributed by atoms with Gasteiger partial charge in [0.25, 0.3) is 0 Å². The van der Waals surface area contributed by atoms with E-state index < -0.39 is 0 Å². The van der Waals surface area contributed by atoms with Gasteiger partial charge in [0.15, 0.2) is 17.3 Å². The second kappa shape index (κ2) is 5.44. The van der Waals surface area contributed by atoms with E-state index in [4.69, 9.17) is 5.84 Å². The summed E-state index contributed by atoms with van der Waals surface area (Å²) < 4.78 is 1.92. The Bertz CT molecular complexity index is 543. The number of nitrogens with two attached hydrogens (primary N) is 1. The Kier molecular flexibility index (Phi) is 3.50. The summed E-state index contributed by atoms with van der Waals surface area (Å²) in [6, 6.07) is 0. The molecule has 2 heterocycles. The Hall–Kier alpha value is -1.82. The average Bonchev–Trinajstić information content (AvgIpc) is 3.08. The highest BCUT2D eigenvalue weighted by molar-refractivity contribution is 5.65. The fraction of sp³-hybridized carbons (Fsp3) is 0.538. The molecule has 1 aliphatic rings. The fourth-order valence-corrected chi connectivity index (χ4v) is 2.81. The first-order valence-electron chi connectivity index (χ1n) is 6.91. The molecule has 0 saturated heterocycles. The molecule has 0 aliphatic heterocycles. The van der Waals surface area contributed by atoms with Crippen LogP contribution in [0.1, 0.15) is 32.1 Å². The van der Waals surface area contributed by atoms with Crippen LogP contribution in [-0.2, 0) is 0 Å². The molecule has 3 rings (SSSR count). The lowest BCUT2D eigenvalue weighted by atomic mass is 10.0. The number of hydrazine groups is 1. The summed E-state index contributed by atoms with van der Waals surface area (Å²) >= 11 is 0. The highest BCUT2D eigenvalue weighted by Crippen LogP contribution is 2.27. The molecule has 0 atom stereocenters. The number of fused-ring (bicyclic) bond motifs is 1. The van der Waals surface area contributed by atoms with E-state index in [1.54, 1.807) is 6.20 Å². The summed E-state index contributed by atoms with van der Waals surface area (Å²) in [6.07, 6.45) is 12.2. The first-order valence-corrected chi connectivity index (χ1v) is 6.91. The predicted octanol–water partition coefficient (Wildman–Crippen LogP) is 2.01. The van der Waals surface area contributed by atoms with Crippen molar-refractivity contribution in [2.75, 3.05) is 17.3 Å². The SMILES string of the molecule is NNc1cn2ccnc2c(NCCC2CCCC2)n1. The van der Waals surface area contributed by atoms with Crippen molar-refractivity contribution in [2.24, 2.45) is 11.8 Å². The van der Waals surface area contributed by atoms with Gasteiger partial charge < -0.3 is 15.1 Å². The number of imidazole rings is 1. The van der Waals surface area contributed by atoms with E-state index in [0.29, 0.717) is 5.82 Å². The lowest BCUT2D eigenvalue weighted by Crippen LogP contribution is -2.13. The van der Waals surface area contributed by atoms with Crippen molar-refractivity contribution in [2.45, 2.75) is 32.1 Å². The molecule has 0 unspecified atom stereocenters. The Morgan fingerprint density at radius 1 is 1.37 bits per heavy atom. The van der Waals surface area contributed by atoms with E-state index in [-0.39, 0.29) is 0 Å². The maximum absolute atomic E-state index is 5.43. The second-order valence-corrected chi connectivity index (χ2v) is 5.14. The smallest absolute Gasteiger partial charge is 0.180 e. The number of nitrogens with one attached hydrogen (secondary N) is 2. The van der Waals surface area contributed by atoms with E-state index in [2.05, 4.69) is 20.7 Å². The van der Waals surface area contributed by atoms with Crippen LogP contribution in [0.5, 0.6) is 0 Å². The van der Waals surface area contributed by atoms with E-state index in [1.165, 1.54) is 32.1 Å². The average molecular weight is 260 g/mol. The zero-order valence-corrected chi connectivity index (χ0v) is 11.0. The van der Waals surface area contributed by atoms with Crippen molar-refractivity contribution in [1.29, 1.82) is 0 Å². The van der Waals surface area contributed by atoms with Crippen molar-refractivity contribution >= 4 is 17.3 Å². The number of nitrogens with zero attached hydrogens (tertiary/aromatic N) is 3. The fourth-order valence-electron chi connectivity index (χ4n) is 2.81. The van der Waals surface area contributed by atoms with Gasteiger partial charge in [0, 0.05) is 18.9 Å². The summed E-state index contributed by atoms with van der Waals surface area (Å²) in [5, 5.41) is 3.39. The number of hydrogen-bond donors (Lipinski definition) is 3. The van der Waals surface area contributed by atoms with Crippen LogP contribution in [0.15, 0.2) is 18.6 Å². The highest BCUT2D eigenvalue weighted by Gasteiger charge is 2.14. The normalized spacial score (nSPS) is 16.1. The van der Waals surface area contributed by atoms with E-state index >= 15 is 0 Å². The van der Waals surface area contributed by atoms with Gasteiger partial charge in [0.2, 0.25) is 0 Å². The first kappa shape index (κ1) is 12.2. The van der Waals surface area contributed by atoms with Gasteiger partial charge in [0.05, 0.1) is 6.20 Å². The zero-order chi connectivity index (χ0) is 13.1. The van der Waals surface area contributed by atoms with E-state index in [1.807, 2.05) is 16.8 Å². The molecule has 0 radical (unpaired) electrons. The standard InChI is InChI=1S/C13H20N6/c14-18-11-9-19-8-7-16-13(19)12(17-11)15-6-5-10-3-1-2-4-10/h7-10,18H,1-6,14H2,(H,15,17). The predicted molar refractivity (Wildman–Crippen MR) is 75.9 cm³/mol. The summed E-state index contributed by atoms with van der Waals surface area (Å²) in [5.41, 5.74) is 3.42. The van der Waals surface area contributed by atoms with Crippen molar-refractivity contribution < 1.29 is 0 Å². The van der Waals surface area contributed by atoms with Crippen molar-refractivity contribution in [3.8, 4) is 0 Å². The molecular formula is C13H20N6. The molecule has 1 fully saturated rings. The van der Waals surface area contributed by atoms with Gasteiger partial charge in [-0.25, -0.2) is 15.8 Å². The summed E-state index contributed by atoms with van der Waals surface area (Å²) in [7, 11) is 0. The molecule has 0 aromatic carbocycles. The highest BCUT2D eigenvalue weighted by atomic mass is 15.3. The van der Waals surface area contributed by atoms with Crippen LogP contribution in [0, 0.1) is 5.92 Å². The molecule has 2 aromatic heterocycles. The quantitative estimate of drug-likeness (QED) is 0.566. The van der Waals surface area contributed by atoms with Crippen LogP contribution in [-0.4, -0.2) is 20.9 Å². The molecule has 1 aliphatic carbocycles. The maximum atomic E-state index is 5.43. The Balaban J connectivity index is 1.70. The van der Waals surface area contributed by atoms with Gasteiger partial charge in [-0.3, -0.25) is 0 Å². The summed E-state index contributed by atoms with van der Waals surface area (Å²) in [6.45, 7) is 0.939. The Morgan fingerprint density at radius 3 is 3.00 bits per heavy atom. The van der Waals surface area contributed by atoms with Gasteiger partial charge in [0.1, 0.15) is 0 Å². The van der Waals surface area contributed by atoms with Crippen LogP contribution < -0.4 is 16.6 Å². The molecular weight excluding hydrogens is 240 g/mol. The number of nitrogen functional groups attached to an aromatic ring is 1. The molecule has 19 heavy (non-hydrogen) atoms. The largest absolute Gasteiger partial charge is 0.367 e. The van der Waals surface area contributed by atoms with E-state index in [0.717, 1.165) is 23.9 Å². The molecule has 0 amide bonds. The van der Waals surface area contributed by atoms with Gasteiger partial charge in [-0.2, -0.15) is 0 Å². The minimum atomic E-state index is 0.633. The molecule has 2 aromatic rings. The van der Waals surface area contributed by atoms with Crippen LogP contribution >= 0.6 is 0 Å². The van der Waals surface area contributed by atoms with Gasteiger partial charge in [-0.05, 0) is 12.3 Å². The molecule has 6 heteroatoms. The third kappa shape index (κ3) is 2.63. The van der Waals surface area contributed by atoms with Crippen molar-refractivity contribution in [3.63, 3.8) is 0 Å². The van der Waals surface area contributed by atoms with Gasteiger partial charge >= 0.3 is 0 Å². The number of rotatable bonds is 5. The second-order valence-electron chi connectivity index (χ2n) is 5.14. The lowest BCUT2D eigenvalue weighted by molar-refractivity contribution is 0.518. The minimum absolute atomic E-state index is 0.633. The van der Waals surface area contributed by atoms with Crippen LogP contribution in [0.3, 0.4) is 0 Å². The molecule has 6 nitrogen and oxygen atoms in total. The molecule has 0 bridgehead atoms. The molecule has 1 saturated carbocycles. The van der Waals surface area contributed by atoms with Crippen LogP contribution in [0.4, 0.5) is 11.6 Å². The monoisotopic (exact) mass is 260 g/mol. The summed E-state index contributed by atoms with van der Waals surface area (Å²) in [5.74, 6) is 7.73. The van der Waals surface area contributed by atoms with Crippen LogP contribution in [0.2, 0.25) is 0 Å². The van der Waals surface area contributed by atoms with Crippen molar-refractivity contribution in [1.82, 2.24) is 14.4 Å². The van der Waals surface area contributed by atoms with Gasteiger partial charge in [-0.15, -0.1) is 0 Å². The third-order valence-electron chi connectivity index (χ3n) is 3.84. The molecule has 0 spiro atoms. The number of aromatic nitrogens is 3. The van der Waals surface area contributed by atoms with Crippen molar-refractivity contribution in [3.05, 3.63) is 18.6 Å². The third-order valence-corrected chi connectivity index (χ3v) is 3.84. The lowest BCUT2D eigenvalue weighted by Gasteiger charge is -2.12. The Morgan fingerprint density at radius 2 is 2.21 bits per heavy atom.